The molecule has 0 aliphatic carbocycles. The molecule has 2 heterocycles. The minimum Gasteiger partial charge on any atom is -0.457 e. The second-order valence-corrected chi connectivity index (χ2v) is 9.77. The topological polar surface area (TPSA) is 88.2 Å². The van der Waals surface area contributed by atoms with Crippen LogP contribution in [0.5, 0.6) is 11.5 Å². The number of benzene rings is 2. The first kappa shape index (κ1) is 21.0. The Morgan fingerprint density at radius 1 is 1.03 bits per heavy atom. The Morgan fingerprint density at radius 3 is 2.45 bits per heavy atom. The zero-order valence-electron chi connectivity index (χ0n) is 17.7. The maximum atomic E-state index is 12.0. The Labute approximate surface area is 181 Å². The van der Waals surface area contributed by atoms with Gasteiger partial charge in [-0.2, -0.15) is 0 Å². The van der Waals surface area contributed by atoms with E-state index in [-0.39, 0.29) is 5.75 Å². The molecule has 0 spiro atoms. The monoisotopic (exact) mass is 436 g/mol. The fraction of sp³-hybridized carbons (Fsp3) is 0.217. The van der Waals surface area contributed by atoms with Crippen LogP contribution in [0, 0.1) is 0 Å². The Morgan fingerprint density at radius 2 is 1.81 bits per heavy atom. The van der Waals surface area contributed by atoms with Crippen LogP contribution in [0.1, 0.15) is 12.5 Å². The minimum absolute atomic E-state index is 0.0657. The predicted molar refractivity (Wildman–Crippen MR) is 121 cm³/mol. The van der Waals surface area contributed by atoms with Gasteiger partial charge in [0.25, 0.3) is 0 Å². The molecule has 4 rings (SSSR count). The summed E-state index contributed by atoms with van der Waals surface area (Å²) in [5.74, 6) is 1.97. The van der Waals surface area contributed by atoms with Gasteiger partial charge >= 0.3 is 0 Å². The van der Waals surface area contributed by atoms with Gasteiger partial charge in [-0.05, 0) is 62.1 Å². The fourth-order valence-corrected chi connectivity index (χ4v) is 4.21. The van der Waals surface area contributed by atoms with Gasteiger partial charge in [-0.15, -0.1) is 0 Å². The average molecular weight is 437 g/mol. The van der Waals surface area contributed by atoms with Crippen molar-refractivity contribution in [2.24, 2.45) is 0 Å². The number of ether oxygens (including phenoxy) is 1. The minimum atomic E-state index is -3.24. The summed E-state index contributed by atoms with van der Waals surface area (Å²) in [6, 6.07) is 16.0. The van der Waals surface area contributed by atoms with E-state index in [0.717, 1.165) is 22.3 Å². The number of nitrogens with zero attached hydrogens (tertiary/aromatic N) is 3. The number of fused-ring (bicyclic) bond motifs is 1. The van der Waals surface area contributed by atoms with Gasteiger partial charge in [0, 0.05) is 18.8 Å². The van der Waals surface area contributed by atoms with Crippen LogP contribution in [0.15, 0.2) is 65.7 Å². The molecule has 2 aromatic heterocycles. The summed E-state index contributed by atoms with van der Waals surface area (Å²) in [4.78, 5) is 14.8. The zero-order chi connectivity index (χ0) is 22.0. The number of pyridine rings is 1. The van der Waals surface area contributed by atoms with E-state index in [1.54, 1.807) is 37.4 Å². The quantitative estimate of drug-likeness (QED) is 0.465. The molecule has 0 radical (unpaired) electrons. The molecule has 0 aliphatic rings. The molecule has 0 unspecified atom stereocenters. The number of rotatable bonds is 7. The number of hydrogen-bond acceptors (Lipinski definition) is 6. The van der Waals surface area contributed by atoms with Crippen molar-refractivity contribution in [2.75, 3.05) is 19.8 Å². The van der Waals surface area contributed by atoms with Gasteiger partial charge in [0.2, 0.25) is 0 Å². The molecule has 2 aromatic carbocycles. The van der Waals surface area contributed by atoms with Crippen molar-refractivity contribution in [3.05, 3.63) is 66.4 Å². The van der Waals surface area contributed by atoms with E-state index in [1.165, 1.54) is 0 Å². The molecule has 4 aromatic rings. The molecule has 0 amide bonds. The van der Waals surface area contributed by atoms with Gasteiger partial charge in [-0.3, -0.25) is 4.98 Å². The summed E-state index contributed by atoms with van der Waals surface area (Å²) in [6.45, 7) is 2.32. The number of sulfone groups is 1. The van der Waals surface area contributed by atoms with Crippen molar-refractivity contribution in [3.63, 3.8) is 0 Å². The zero-order valence-corrected chi connectivity index (χ0v) is 18.5. The molecule has 0 saturated heterocycles. The van der Waals surface area contributed by atoms with Gasteiger partial charge < -0.3 is 14.6 Å². The summed E-state index contributed by atoms with van der Waals surface area (Å²) in [5, 5.41) is 0. The molecular weight excluding hydrogens is 412 g/mol. The Hall–Kier alpha value is -3.23. The Balaban J connectivity index is 1.71. The van der Waals surface area contributed by atoms with E-state index >= 15 is 0 Å². The molecule has 31 heavy (non-hydrogen) atoms. The Kier molecular flexibility index (Phi) is 5.75. The van der Waals surface area contributed by atoms with Crippen LogP contribution in [0.4, 0.5) is 0 Å². The van der Waals surface area contributed by atoms with Gasteiger partial charge in [0.05, 0.1) is 21.7 Å². The first-order valence-electron chi connectivity index (χ1n) is 9.95. The second kappa shape index (κ2) is 8.49. The first-order valence-corrected chi connectivity index (χ1v) is 11.6. The van der Waals surface area contributed by atoms with Crippen molar-refractivity contribution < 1.29 is 13.2 Å². The summed E-state index contributed by atoms with van der Waals surface area (Å²) < 4.78 is 30.1. The van der Waals surface area contributed by atoms with Crippen molar-refractivity contribution in [3.8, 4) is 23.0 Å². The number of nitrogens with one attached hydrogen (secondary N) is 1. The van der Waals surface area contributed by atoms with Gasteiger partial charge in [-0.25, -0.2) is 13.4 Å². The third-order valence-electron chi connectivity index (χ3n) is 4.83. The highest BCUT2D eigenvalue weighted by atomic mass is 32.2. The van der Waals surface area contributed by atoms with Gasteiger partial charge in [0.15, 0.2) is 15.7 Å². The average Bonchev–Trinajstić information content (AvgIpc) is 3.19. The molecule has 8 heteroatoms. The maximum Gasteiger partial charge on any atom is 0.178 e. The standard InChI is InChI=1S/C23H24N4O3S/c1-4-31(28,29)19-10-8-17(9-11-19)30-18-13-16(15-27(2)3)22-21(14-18)25-23(26-22)20-7-5-6-12-24-20/h5-14H,4,15H2,1-3H3,(H,25,26). The van der Waals surface area contributed by atoms with Gasteiger partial charge in [0.1, 0.15) is 17.2 Å². The Bertz CT molecular complexity index is 1300. The third-order valence-corrected chi connectivity index (χ3v) is 6.58. The van der Waals surface area contributed by atoms with Crippen LogP contribution in [-0.4, -0.2) is 48.1 Å². The van der Waals surface area contributed by atoms with E-state index in [1.807, 2.05) is 44.4 Å². The molecule has 0 atom stereocenters. The van der Waals surface area contributed by atoms with Crippen LogP contribution < -0.4 is 4.74 Å². The number of H-pyrrole nitrogens is 1. The smallest absolute Gasteiger partial charge is 0.178 e. The summed E-state index contributed by atoms with van der Waals surface area (Å²) in [7, 11) is 0.756. The molecule has 0 bridgehead atoms. The summed E-state index contributed by atoms with van der Waals surface area (Å²) in [6.07, 6.45) is 1.74. The highest BCUT2D eigenvalue weighted by molar-refractivity contribution is 7.91. The highest BCUT2D eigenvalue weighted by Gasteiger charge is 2.14. The number of imidazole rings is 1. The molecule has 7 nitrogen and oxygen atoms in total. The normalized spacial score (nSPS) is 11.9. The summed E-state index contributed by atoms with van der Waals surface area (Å²) in [5.41, 5.74) is 3.50. The molecule has 1 N–H and O–H groups in total. The SMILES string of the molecule is CCS(=O)(=O)c1ccc(Oc2cc(CN(C)C)c3nc(-c4ccccn4)[nH]c3c2)cc1. The molecular formula is C23H24N4O3S. The predicted octanol–water partition coefficient (Wildman–Crippen LogP) is 4.27. The number of aromatic nitrogens is 3. The first-order chi connectivity index (χ1) is 14.9. The van der Waals surface area contributed by atoms with E-state index in [2.05, 4.69) is 14.9 Å². The molecule has 0 saturated carbocycles. The van der Waals surface area contributed by atoms with E-state index in [0.29, 0.717) is 28.8 Å². The lowest BCUT2D eigenvalue weighted by molar-refractivity contribution is 0.402. The number of aromatic amines is 1. The van der Waals surface area contributed by atoms with Crippen LogP contribution in [0.25, 0.3) is 22.6 Å². The summed E-state index contributed by atoms with van der Waals surface area (Å²) >= 11 is 0. The van der Waals surface area contributed by atoms with Crippen molar-refractivity contribution in [1.29, 1.82) is 0 Å². The largest absolute Gasteiger partial charge is 0.457 e. The lowest BCUT2D eigenvalue weighted by Crippen LogP contribution is -2.11. The molecule has 0 fully saturated rings. The third kappa shape index (κ3) is 4.60. The van der Waals surface area contributed by atoms with Crippen molar-refractivity contribution in [2.45, 2.75) is 18.4 Å². The fourth-order valence-electron chi connectivity index (χ4n) is 3.32. The highest BCUT2D eigenvalue weighted by Crippen LogP contribution is 2.30. The van der Waals surface area contributed by atoms with Crippen LogP contribution in [-0.2, 0) is 16.4 Å². The van der Waals surface area contributed by atoms with Crippen LogP contribution in [0.2, 0.25) is 0 Å². The molecule has 160 valence electrons. The van der Waals surface area contributed by atoms with E-state index < -0.39 is 9.84 Å². The number of hydrogen-bond donors (Lipinski definition) is 1. The van der Waals surface area contributed by atoms with Crippen LogP contribution in [0.3, 0.4) is 0 Å². The van der Waals surface area contributed by atoms with Gasteiger partial charge in [-0.1, -0.05) is 13.0 Å². The lowest BCUT2D eigenvalue weighted by atomic mass is 10.1. The maximum absolute atomic E-state index is 12.0. The van der Waals surface area contributed by atoms with E-state index in [9.17, 15) is 8.42 Å². The van der Waals surface area contributed by atoms with Crippen molar-refractivity contribution >= 4 is 20.9 Å². The van der Waals surface area contributed by atoms with Crippen molar-refractivity contribution in [1.82, 2.24) is 19.9 Å². The lowest BCUT2D eigenvalue weighted by Gasteiger charge is -2.13. The molecule has 0 aliphatic heterocycles. The van der Waals surface area contributed by atoms with Crippen LogP contribution >= 0.6 is 0 Å². The second-order valence-electron chi connectivity index (χ2n) is 7.49. The van der Waals surface area contributed by atoms with E-state index in [4.69, 9.17) is 9.72 Å².